The maximum Gasteiger partial charge on any atom is 0.271 e. The van der Waals surface area contributed by atoms with Gasteiger partial charge < -0.3 is 5.32 Å². The van der Waals surface area contributed by atoms with Gasteiger partial charge in [-0.05, 0) is 25.0 Å². The Morgan fingerprint density at radius 2 is 2.12 bits per heavy atom. The lowest BCUT2D eigenvalue weighted by Crippen LogP contribution is -2.29. The molecule has 24 heavy (non-hydrogen) atoms. The van der Waals surface area contributed by atoms with Crippen LogP contribution in [-0.4, -0.2) is 20.6 Å². The van der Waals surface area contributed by atoms with Crippen LogP contribution in [0.1, 0.15) is 24.5 Å². The molecule has 124 valence electrons. The first-order chi connectivity index (χ1) is 11.4. The first-order valence-corrected chi connectivity index (χ1v) is 7.63. The minimum Gasteiger partial charge on any atom is -0.323 e. The summed E-state index contributed by atoms with van der Waals surface area (Å²) in [4.78, 5) is 34.0. The van der Waals surface area contributed by atoms with Gasteiger partial charge in [-0.15, -0.1) is 0 Å². The van der Waals surface area contributed by atoms with Gasteiger partial charge in [0.1, 0.15) is 6.54 Å². The average molecular weight is 349 g/mol. The lowest BCUT2D eigenvalue weighted by Gasteiger charge is -2.09. The summed E-state index contributed by atoms with van der Waals surface area (Å²) < 4.78 is 1.10. The second-order valence-electron chi connectivity index (χ2n) is 5.50. The van der Waals surface area contributed by atoms with Gasteiger partial charge in [0.2, 0.25) is 5.91 Å². The molecule has 0 radical (unpaired) electrons. The van der Waals surface area contributed by atoms with Gasteiger partial charge >= 0.3 is 0 Å². The number of aromatic nitrogens is 2. The highest BCUT2D eigenvalue weighted by molar-refractivity contribution is 6.33. The minimum atomic E-state index is -0.579. The lowest BCUT2D eigenvalue weighted by atomic mass is 10.2. The molecule has 1 aromatic carbocycles. The van der Waals surface area contributed by atoms with Gasteiger partial charge in [0.25, 0.3) is 11.2 Å². The van der Waals surface area contributed by atoms with E-state index in [-0.39, 0.29) is 28.5 Å². The average Bonchev–Trinajstić information content (AvgIpc) is 3.36. The fourth-order valence-corrected chi connectivity index (χ4v) is 2.44. The number of amides is 1. The highest BCUT2D eigenvalue weighted by Crippen LogP contribution is 2.38. The molecule has 1 amide bonds. The molecule has 1 aromatic heterocycles. The molecule has 1 aliphatic carbocycles. The molecule has 3 rings (SSSR count). The molecule has 1 fully saturated rings. The number of rotatable bonds is 5. The zero-order valence-corrected chi connectivity index (χ0v) is 13.2. The van der Waals surface area contributed by atoms with Crippen molar-refractivity contribution in [2.75, 3.05) is 5.32 Å². The highest BCUT2D eigenvalue weighted by atomic mass is 35.5. The molecule has 0 atom stereocenters. The summed E-state index contributed by atoms with van der Waals surface area (Å²) in [6, 6.07) is 6.80. The van der Waals surface area contributed by atoms with Crippen LogP contribution >= 0.6 is 11.6 Å². The van der Waals surface area contributed by atoms with E-state index in [9.17, 15) is 19.7 Å². The van der Waals surface area contributed by atoms with Crippen molar-refractivity contribution in [1.82, 2.24) is 9.78 Å². The first kappa shape index (κ1) is 16.1. The molecule has 8 nitrogen and oxygen atoms in total. The Kier molecular flexibility index (Phi) is 4.30. The Labute approximate surface area is 141 Å². The van der Waals surface area contributed by atoms with E-state index in [0.717, 1.165) is 29.3 Å². The summed E-state index contributed by atoms with van der Waals surface area (Å²) >= 11 is 5.92. The Morgan fingerprint density at radius 3 is 2.75 bits per heavy atom. The van der Waals surface area contributed by atoms with Crippen LogP contribution in [0.3, 0.4) is 0 Å². The van der Waals surface area contributed by atoms with Gasteiger partial charge in [-0.2, -0.15) is 5.10 Å². The van der Waals surface area contributed by atoms with Crippen molar-refractivity contribution in [3.8, 4) is 0 Å². The number of non-ortho nitro benzene ring substituents is 1. The number of carbonyl (C=O) groups is 1. The molecule has 0 aliphatic heterocycles. The van der Waals surface area contributed by atoms with E-state index in [4.69, 9.17) is 11.6 Å². The normalized spacial score (nSPS) is 13.5. The number of hydrogen-bond acceptors (Lipinski definition) is 5. The van der Waals surface area contributed by atoms with Crippen LogP contribution in [0.2, 0.25) is 5.02 Å². The van der Waals surface area contributed by atoms with Crippen molar-refractivity contribution in [3.63, 3.8) is 0 Å². The number of benzene rings is 1. The molecule has 9 heteroatoms. The van der Waals surface area contributed by atoms with Crippen LogP contribution in [0.4, 0.5) is 11.4 Å². The molecule has 1 aliphatic rings. The van der Waals surface area contributed by atoms with E-state index in [2.05, 4.69) is 10.4 Å². The summed E-state index contributed by atoms with van der Waals surface area (Å²) in [7, 11) is 0. The van der Waals surface area contributed by atoms with Crippen molar-refractivity contribution in [2.24, 2.45) is 0 Å². The first-order valence-electron chi connectivity index (χ1n) is 7.26. The fraction of sp³-hybridized carbons (Fsp3) is 0.267. The second-order valence-corrected chi connectivity index (χ2v) is 5.90. The van der Waals surface area contributed by atoms with E-state index in [1.165, 1.54) is 18.2 Å². The Hall–Kier alpha value is -2.74. The molecule has 0 unspecified atom stereocenters. The van der Waals surface area contributed by atoms with Crippen LogP contribution in [0.5, 0.6) is 0 Å². The number of nitrogens with one attached hydrogen (secondary N) is 1. The van der Waals surface area contributed by atoms with Crippen molar-refractivity contribution in [3.05, 3.63) is 61.5 Å². The van der Waals surface area contributed by atoms with Crippen LogP contribution in [-0.2, 0) is 11.3 Å². The van der Waals surface area contributed by atoms with Gasteiger partial charge in [-0.3, -0.25) is 19.7 Å². The number of hydrogen-bond donors (Lipinski definition) is 1. The number of nitro benzene ring substituents is 1. The van der Waals surface area contributed by atoms with Gasteiger partial charge in [0.15, 0.2) is 0 Å². The highest BCUT2D eigenvalue weighted by Gasteiger charge is 2.25. The number of halogens is 1. The van der Waals surface area contributed by atoms with Crippen molar-refractivity contribution >= 4 is 28.9 Å². The zero-order chi connectivity index (χ0) is 17.3. The number of anilines is 1. The van der Waals surface area contributed by atoms with Gasteiger partial charge in [-0.25, -0.2) is 4.68 Å². The second kappa shape index (κ2) is 6.40. The van der Waals surface area contributed by atoms with E-state index < -0.39 is 10.8 Å². The van der Waals surface area contributed by atoms with Gasteiger partial charge in [-0.1, -0.05) is 11.6 Å². The van der Waals surface area contributed by atoms with E-state index in [1.54, 1.807) is 6.07 Å². The lowest BCUT2D eigenvalue weighted by molar-refractivity contribution is -0.384. The predicted octanol–water partition coefficient (Wildman–Crippen LogP) is 2.32. The summed E-state index contributed by atoms with van der Waals surface area (Å²) in [6.45, 7) is -0.257. The largest absolute Gasteiger partial charge is 0.323 e. The Bertz CT molecular complexity index is 876. The van der Waals surface area contributed by atoms with Crippen molar-refractivity contribution in [2.45, 2.75) is 25.3 Å². The summed E-state index contributed by atoms with van der Waals surface area (Å²) in [5.41, 5.74) is 0.492. The van der Waals surface area contributed by atoms with Crippen molar-refractivity contribution in [1.29, 1.82) is 0 Å². The molecular weight excluding hydrogens is 336 g/mol. The maximum absolute atomic E-state index is 12.1. The molecule has 0 spiro atoms. The summed E-state index contributed by atoms with van der Waals surface area (Å²) in [6.07, 6.45) is 2.08. The van der Waals surface area contributed by atoms with E-state index >= 15 is 0 Å². The standard InChI is InChI=1S/C15H13ClN4O4/c16-11-7-10(20(23)24)3-4-13(11)17-14(21)8-19-15(22)6-5-12(18-19)9-1-2-9/h3-7,9H,1-2,8H2,(H,17,21). The SMILES string of the molecule is O=C(Cn1nc(C2CC2)ccc1=O)Nc1ccc([N+](=O)[O-])cc1Cl. The number of carbonyl (C=O) groups excluding carboxylic acids is 1. The monoisotopic (exact) mass is 348 g/mol. The summed E-state index contributed by atoms with van der Waals surface area (Å²) in [5, 5.41) is 17.4. The van der Waals surface area contributed by atoms with Crippen LogP contribution in [0.15, 0.2) is 35.1 Å². The Morgan fingerprint density at radius 1 is 1.38 bits per heavy atom. The summed E-state index contributed by atoms with van der Waals surface area (Å²) in [5.74, 6) is -0.127. The van der Waals surface area contributed by atoms with Crippen LogP contribution in [0.25, 0.3) is 0 Å². The molecular formula is C15H13ClN4O4. The third kappa shape index (κ3) is 3.60. The molecule has 1 heterocycles. The maximum atomic E-state index is 12.1. The molecule has 2 aromatic rings. The number of nitro groups is 1. The molecule has 0 bridgehead atoms. The molecule has 1 N–H and O–H groups in total. The third-order valence-electron chi connectivity index (χ3n) is 3.61. The third-order valence-corrected chi connectivity index (χ3v) is 3.93. The smallest absolute Gasteiger partial charge is 0.271 e. The minimum absolute atomic E-state index is 0.0459. The van der Waals surface area contributed by atoms with E-state index in [1.807, 2.05) is 0 Å². The zero-order valence-electron chi connectivity index (χ0n) is 12.4. The van der Waals surface area contributed by atoms with Crippen LogP contribution in [0, 0.1) is 10.1 Å². The topological polar surface area (TPSA) is 107 Å². The Balaban J connectivity index is 1.73. The molecule has 0 saturated heterocycles. The van der Waals surface area contributed by atoms with Crippen LogP contribution < -0.4 is 10.9 Å². The number of nitrogens with zero attached hydrogens (tertiary/aromatic N) is 3. The predicted molar refractivity (Wildman–Crippen MR) is 87.2 cm³/mol. The van der Waals surface area contributed by atoms with Gasteiger partial charge in [0.05, 0.1) is 21.3 Å². The molecule has 1 saturated carbocycles. The van der Waals surface area contributed by atoms with Crippen molar-refractivity contribution < 1.29 is 9.72 Å². The van der Waals surface area contributed by atoms with Gasteiger partial charge in [0, 0.05) is 24.1 Å². The van der Waals surface area contributed by atoms with E-state index in [0.29, 0.717) is 5.92 Å². The quantitative estimate of drug-likeness (QED) is 0.659. The fourth-order valence-electron chi connectivity index (χ4n) is 2.22.